The number of carbonyl (C=O) groups is 1. The van der Waals surface area contributed by atoms with E-state index in [0.29, 0.717) is 5.56 Å². The number of alkyl halides is 6. The van der Waals surface area contributed by atoms with E-state index in [4.69, 9.17) is 4.74 Å². The molecule has 0 aliphatic rings. The van der Waals surface area contributed by atoms with E-state index < -0.39 is 30.5 Å². The molecule has 0 radical (unpaired) electrons. The van der Waals surface area contributed by atoms with Gasteiger partial charge in [-0.25, -0.2) is 0 Å². The molecule has 0 N–H and O–H groups in total. The number of halogens is 6. The molecule has 2 nitrogen and oxygen atoms in total. The predicted molar refractivity (Wildman–Crippen MR) is 62.0 cm³/mol. The first kappa shape index (κ1) is 17.3. The van der Waals surface area contributed by atoms with Gasteiger partial charge in [0.2, 0.25) is 5.92 Å². The summed E-state index contributed by atoms with van der Waals surface area (Å²) in [6.45, 7) is 1.60. The van der Waals surface area contributed by atoms with Crippen molar-refractivity contribution in [3.05, 3.63) is 29.3 Å². The van der Waals surface area contributed by atoms with Gasteiger partial charge in [0.05, 0.1) is 7.11 Å². The lowest BCUT2D eigenvalue weighted by Gasteiger charge is -2.22. The molecule has 0 fully saturated rings. The summed E-state index contributed by atoms with van der Waals surface area (Å²) in [5, 5.41) is 0. The maximum atomic E-state index is 12.5. The predicted octanol–water partition coefficient (Wildman–Crippen LogP) is 3.86. The second-order valence-electron chi connectivity index (χ2n) is 4.47. The number of ketones is 1. The lowest BCUT2D eigenvalue weighted by Crippen LogP contribution is -2.43. The van der Waals surface area contributed by atoms with Crippen molar-refractivity contribution in [3.8, 4) is 5.75 Å². The lowest BCUT2D eigenvalue weighted by atomic mass is 9.95. The Balaban J connectivity index is 3.11. The van der Waals surface area contributed by atoms with E-state index >= 15 is 0 Å². The maximum Gasteiger partial charge on any atom is 0.407 e. The highest BCUT2D eigenvalue weighted by Crippen LogP contribution is 2.40. The number of hydrogen-bond acceptors (Lipinski definition) is 2. The minimum Gasteiger partial charge on any atom is -0.496 e. The van der Waals surface area contributed by atoms with Crippen LogP contribution in [0.1, 0.15) is 11.1 Å². The molecule has 0 aromatic heterocycles. The number of methoxy groups -OCH3 is 1. The van der Waals surface area contributed by atoms with E-state index in [1.165, 1.54) is 19.2 Å². The average molecular weight is 314 g/mol. The highest BCUT2D eigenvalue weighted by atomic mass is 19.4. The fraction of sp³-hybridized carbons (Fsp3) is 0.462. The highest BCUT2D eigenvalue weighted by Gasteiger charge is 2.60. The lowest BCUT2D eigenvalue weighted by molar-refractivity contribution is -0.273. The average Bonchev–Trinajstić information content (AvgIpc) is 2.24. The van der Waals surface area contributed by atoms with Crippen LogP contribution in [0.4, 0.5) is 26.3 Å². The summed E-state index contributed by atoms with van der Waals surface area (Å²) in [6.07, 6.45) is -12.4. The summed E-state index contributed by atoms with van der Waals surface area (Å²) in [7, 11) is 1.21. The Kier molecular flexibility index (Phi) is 4.91. The van der Waals surface area contributed by atoms with Crippen molar-refractivity contribution in [1.82, 2.24) is 0 Å². The third kappa shape index (κ3) is 4.37. The second-order valence-corrected chi connectivity index (χ2v) is 4.47. The molecule has 0 unspecified atom stereocenters. The summed E-state index contributed by atoms with van der Waals surface area (Å²) < 4.78 is 79.6. The van der Waals surface area contributed by atoms with Crippen molar-refractivity contribution in [2.45, 2.75) is 25.7 Å². The number of Topliss-reactive ketones (excluding diaryl/α,β-unsaturated/α-hetero) is 1. The Morgan fingerprint density at radius 2 is 1.67 bits per heavy atom. The molecule has 1 aromatic carbocycles. The summed E-state index contributed by atoms with van der Waals surface area (Å²) in [4.78, 5) is 11.5. The molecule has 0 heterocycles. The van der Waals surface area contributed by atoms with Crippen molar-refractivity contribution in [1.29, 1.82) is 0 Å². The fourth-order valence-electron chi connectivity index (χ4n) is 1.89. The van der Waals surface area contributed by atoms with Gasteiger partial charge >= 0.3 is 12.4 Å². The van der Waals surface area contributed by atoms with Crippen LogP contribution in [0.25, 0.3) is 0 Å². The number of aryl methyl sites for hydroxylation is 1. The van der Waals surface area contributed by atoms with Gasteiger partial charge in [-0.2, -0.15) is 26.3 Å². The highest BCUT2D eigenvalue weighted by molar-refractivity contribution is 5.85. The van der Waals surface area contributed by atoms with E-state index in [2.05, 4.69) is 0 Å². The first-order valence-corrected chi connectivity index (χ1v) is 5.76. The molecule has 0 saturated heterocycles. The van der Waals surface area contributed by atoms with Gasteiger partial charge in [-0.15, -0.1) is 0 Å². The van der Waals surface area contributed by atoms with Gasteiger partial charge in [-0.1, -0.05) is 17.7 Å². The molecule has 8 heteroatoms. The van der Waals surface area contributed by atoms with Crippen LogP contribution in [0.5, 0.6) is 5.75 Å². The van der Waals surface area contributed by atoms with Crippen LogP contribution < -0.4 is 4.74 Å². The number of benzene rings is 1. The zero-order chi connectivity index (χ0) is 16.4. The zero-order valence-corrected chi connectivity index (χ0v) is 11.1. The van der Waals surface area contributed by atoms with Gasteiger partial charge in [0.15, 0.2) is 5.78 Å². The van der Waals surface area contributed by atoms with Crippen LogP contribution in [-0.4, -0.2) is 25.2 Å². The van der Waals surface area contributed by atoms with E-state index in [9.17, 15) is 31.1 Å². The van der Waals surface area contributed by atoms with Crippen LogP contribution in [-0.2, 0) is 11.2 Å². The Morgan fingerprint density at radius 3 is 2.10 bits per heavy atom. The number of hydrogen-bond donors (Lipinski definition) is 0. The van der Waals surface area contributed by atoms with Gasteiger partial charge in [0.1, 0.15) is 5.75 Å². The maximum absolute atomic E-state index is 12.5. The first-order chi connectivity index (χ1) is 9.46. The SMILES string of the molecule is COc1ccc(C)cc1CC(=O)C(C(F)(F)F)C(F)(F)F. The monoisotopic (exact) mass is 314 g/mol. The number of rotatable bonds is 4. The Bertz CT molecular complexity index is 504. The minimum atomic E-state index is -5.67. The molecule has 0 amide bonds. The normalized spacial score (nSPS) is 12.6. The molecule has 0 atom stereocenters. The standard InChI is InChI=1S/C13H12F6O2/c1-7-3-4-10(21-2)8(5-7)6-9(20)11(12(14,15)16)13(17,18)19/h3-5,11H,6H2,1-2H3. The number of ether oxygens (including phenoxy) is 1. The van der Waals surface area contributed by atoms with Crippen LogP contribution >= 0.6 is 0 Å². The first-order valence-electron chi connectivity index (χ1n) is 5.76. The van der Waals surface area contributed by atoms with Gasteiger partial charge < -0.3 is 4.74 Å². The van der Waals surface area contributed by atoms with E-state index in [-0.39, 0.29) is 11.3 Å². The summed E-state index contributed by atoms with van der Waals surface area (Å²) >= 11 is 0. The molecule has 21 heavy (non-hydrogen) atoms. The fourth-order valence-corrected chi connectivity index (χ4v) is 1.89. The third-order valence-corrected chi connectivity index (χ3v) is 2.78. The number of carbonyl (C=O) groups excluding carboxylic acids is 1. The van der Waals surface area contributed by atoms with Crippen molar-refractivity contribution >= 4 is 5.78 Å². The minimum absolute atomic E-state index is 0.0130. The zero-order valence-electron chi connectivity index (χ0n) is 11.1. The molecule has 0 aliphatic carbocycles. The topological polar surface area (TPSA) is 26.3 Å². The summed E-state index contributed by atoms with van der Waals surface area (Å²) in [5.41, 5.74) is 0.579. The molecular weight excluding hydrogens is 302 g/mol. The molecule has 0 aliphatic heterocycles. The quantitative estimate of drug-likeness (QED) is 0.789. The third-order valence-electron chi connectivity index (χ3n) is 2.78. The van der Waals surface area contributed by atoms with Crippen LogP contribution in [0.3, 0.4) is 0 Å². The van der Waals surface area contributed by atoms with Crippen molar-refractivity contribution in [2.75, 3.05) is 7.11 Å². The molecule has 0 bridgehead atoms. The molecule has 0 spiro atoms. The van der Waals surface area contributed by atoms with Gasteiger partial charge in [0, 0.05) is 12.0 Å². The van der Waals surface area contributed by atoms with Gasteiger partial charge in [0.25, 0.3) is 0 Å². The molecule has 118 valence electrons. The van der Waals surface area contributed by atoms with Crippen molar-refractivity contribution < 1.29 is 35.9 Å². The van der Waals surface area contributed by atoms with Crippen molar-refractivity contribution in [2.24, 2.45) is 5.92 Å². The second kappa shape index (κ2) is 5.95. The van der Waals surface area contributed by atoms with Crippen LogP contribution in [0, 0.1) is 12.8 Å². The van der Waals surface area contributed by atoms with E-state index in [0.717, 1.165) is 0 Å². The van der Waals surface area contributed by atoms with Crippen LogP contribution in [0.2, 0.25) is 0 Å². The Morgan fingerprint density at radius 1 is 1.14 bits per heavy atom. The van der Waals surface area contributed by atoms with Gasteiger partial charge in [-0.3, -0.25) is 4.79 Å². The van der Waals surface area contributed by atoms with E-state index in [1.54, 1.807) is 13.0 Å². The molecule has 0 saturated carbocycles. The Labute approximate surface area is 116 Å². The smallest absolute Gasteiger partial charge is 0.407 e. The van der Waals surface area contributed by atoms with E-state index in [1.807, 2.05) is 0 Å². The largest absolute Gasteiger partial charge is 0.496 e. The molecular formula is C13H12F6O2. The van der Waals surface area contributed by atoms with Crippen molar-refractivity contribution in [3.63, 3.8) is 0 Å². The summed E-state index contributed by atoms with van der Waals surface area (Å²) in [5.74, 6) is -5.88. The Hall–Kier alpha value is -1.73. The molecule has 1 rings (SSSR count). The summed E-state index contributed by atoms with van der Waals surface area (Å²) in [6, 6.07) is 4.27. The van der Waals surface area contributed by atoms with Gasteiger partial charge in [-0.05, 0) is 13.0 Å². The molecule has 1 aromatic rings. The van der Waals surface area contributed by atoms with Crippen LogP contribution in [0.15, 0.2) is 18.2 Å².